The van der Waals surface area contributed by atoms with E-state index in [2.05, 4.69) is 5.32 Å². The Bertz CT molecular complexity index is 604. The standard InChI is InChI=1S/C17H19NO5/c19-6-8-22-15-10-14(11-16(12-15)23-9-7-20)18-17(21)13-4-2-1-3-5-13/h1-5,10-12,19-20H,6-9H2,(H,18,21). The van der Waals surface area contributed by atoms with E-state index in [0.29, 0.717) is 22.7 Å². The van der Waals surface area contributed by atoms with Crippen molar-refractivity contribution in [3.8, 4) is 11.5 Å². The first-order valence-corrected chi connectivity index (χ1v) is 7.21. The number of aliphatic hydroxyl groups is 2. The molecule has 0 aliphatic rings. The highest BCUT2D eigenvalue weighted by Crippen LogP contribution is 2.26. The van der Waals surface area contributed by atoms with Gasteiger partial charge in [0, 0.05) is 29.4 Å². The van der Waals surface area contributed by atoms with Crippen LogP contribution in [-0.2, 0) is 0 Å². The number of nitrogens with one attached hydrogen (secondary N) is 1. The fourth-order valence-electron chi connectivity index (χ4n) is 1.93. The van der Waals surface area contributed by atoms with E-state index < -0.39 is 0 Å². The van der Waals surface area contributed by atoms with Crippen LogP contribution in [0.4, 0.5) is 5.69 Å². The van der Waals surface area contributed by atoms with Crippen molar-refractivity contribution in [3.05, 3.63) is 54.1 Å². The number of hydrogen-bond acceptors (Lipinski definition) is 5. The van der Waals surface area contributed by atoms with Gasteiger partial charge in [0.2, 0.25) is 0 Å². The summed E-state index contributed by atoms with van der Waals surface area (Å²) in [7, 11) is 0. The highest BCUT2D eigenvalue weighted by Gasteiger charge is 2.08. The van der Waals surface area contributed by atoms with E-state index in [4.69, 9.17) is 19.7 Å². The molecule has 6 heteroatoms. The van der Waals surface area contributed by atoms with E-state index in [1.807, 2.05) is 6.07 Å². The van der Waals surface area contributed by atoms with Gasteiger partial charge in [0.05, 0.1) is 13.2 Å². The SMILES string of the molecule is O=C(Nc1cc(OCCO)cc(OCCO)c1)c1ccccc1. The fourth-order valence-corrected chi connectivity index (χ4v) is 1.93. The van der Waals surface area contributed by atoms with Gasteiger partial charge in [0.25, 0.3) is 5.91 Å². The Labute approximate surface area is 134 Å². The van der Waals surface area contributed by atoms with E-state index in [0.717, 1.165) is 0 Å². The summed E-state index contributed by atoms with van der Waals surface area (Å²) in [5.74, 6) is 0.661. The Morgan fingerprint density at radius 3 is 2.00 bits per heavy atom. The lowest BCUT2D eigenvalue weighted by atomic mass is 10.2. The van der Waals surface area contributed by atoms with E-state index in [9.17, 15) is 4.79 Å². The van der Waals surface area contributed by atoms with Crippen LogP contribution in [0.15, 0.2) is 48.5 Å². The number of ether oxygens (including phenoxy) is 2. The van der Waals surface area contributed by atoms with Crippen LogP contribution in [0.1, 0.15) is 10.4 Å². The van der Waals surface area contributed by atoms with Crippen LogP contribution in [0.5, 0.6) is 11.5 Å². The summed E-state index contributed by atoms with van der Waals surface area (Å²) in [6.45, 7) is 0.0336. The lowest BCUT2D eigenvalue weighted by Gasteiger charge is -2.12. The summed E-state index contributed by atoms with van der Waals surface area (Å²) in [6.07, 6.45) is 0. The number of benzene rings is 2. The topological polar surface area (TPSA) is 88.0 Å². The van der Waals surface area contributed by atoms with Crippen molar-refractivity contribution in [2.45, 2.75) is 0 Å². The number of hydrogen-bond donors (Lipinski definition) is 3. The lowest BCUT2D eigenvalue weighted by molar-refractivity contribution is 0.102. The predicted molar refractivity (Wildman–Crippen MR) is 86.0 cm³/mol. The number of carbonyl (C=O) groups excluding carboxylic acids is 1. The average Bonchev–Trinajstić information content (AvgIpc) is 2.58. The molecule has 0 spiro atoms. The van der Waals surface area contributed by atoms with E-state index in [1.54, 1.807) is 42.5 Å². The number of carbonyl (C=O) groups is 1. The minimum atomic E-state index is -0.252. The van der Waals surface area contributed by atoms with Gasteiger partial charge in [0.1, 0.15) is 24.7 Å². The molecule has 0 saturated heterocycles. The van der Waals surface area contributed by atoms with Gasteiger partial charge in [-0.05, 0) is 12.1 Å². The van der Waals surface area contributed by atoms with E-state index in [-0.39, 0.29) is 32.3 Å². The van der Waals surface area contributed by atoms with Crippen molar-refractivity contribution < 1.29 is 24.5 Å². The second-order valence-corrected chi connectivity index (χ2v) is 4.66. The molecule has 0 bridgehead atoms. The number of aliphatic hydroxyl groups excluding tert-OH is 2. The zero-order valence-electron chi connectivity index (χ0n) is 12.6. The normalized spacial score (nSPS) is 10.2. The molecule has 0 atom stereocenters. The van der Waals surface area contributed by atoms with Gasteiger partial charge in [-0.2, -0.15) is 0 Å². The molecular formula is C17H19NO5. The molecule has 0 heterocycles. The molecule has 1 amide bonds. The second kappa shape index (κ2) is 8.77. The Hall–Kier alpha value is -2.57. The van der Waals surface area contributed by atoms with Crippen molar-refractivity contribution in [1.29, 1.82) is 0 Å². The molecule has 0 unspecified atom stereocenters. The number of anilines is 1. The number of rotatable bonds is 8. The highest BCUT2D eigenvalue weighted by atomic mass is 16.5. The van der Waals surface area contributed by atoms with Crippen LogP contribution in [0.25, 0.3) is 0 Å². The van der Waals surface area contributed by atoms with Gasteiger partial charge in [-0.15, -0.1) is 0 Å². The molecule has 3 N–H and O–H groups in total. The summed E-state index contributed by atoms with van der Waals surface area (Å²) in [4.78, 5) is 12.2. The summed E-state index contributed by atoms with van der Waals surface area (Å²) >= 11 is 0. The van der Waals surface area contributed by atoms with Crippen molar-refractivity contribution in [3.63, 3.8) is 0 Å². The molecular weight excluding hydrogens is 298 g/mol. The molecule has 0 aliphatic carbocycles. The summed E-state index contributed by atoms with van der Waals surface area (Å²) in [5.41, 5.74) is 1.04. The molecule has 2 aromatic rings. The third-order valence-corrected chi connectivity index (χ3v) is 2.89. The molecule has 0 saturated carbocycles. The van der Waals surface area contributed by atoms with Crippen molar-refractivity contribution in [1.82, 2.24) is 0 Å². The summed E-state index contributed by atoms with van der Waals surface area (Å²) in [5, 5.41) is 20.5. The first kappa shape index (κ1) is 16.8. The van der Waals surface area contributed by atoms with Crippen LogP contribution in [-0.4, -0.2) is 42.5 Å². The third kappa shape index (κ3) is 5.28. The monoisotopic (exact) mass is 317 g/mol. The van der Waals surface area contributed by atoms with Gasteiger partial charge >= 0.3 is 0 Å². The molecule has 0 fully saturated rings. The predicted octanol–water partition coefficient (Wildman–Crippen LogP) is 1.68. The first-order valence-electron chi connectivity index (χ1n) is 7.21. The van der Waals surface area contributed by atoms with Gasteiger partial charge < -0.3 is 25.0 Å². The average molecular weight is 317 g/mol. The molecule has 23 heavy (non-hydrogen) atoms. The van der Waals surface area contributed by atoms with Crippen LogP contribution in [0.3, 0.4) is 0 Å². The van der Waals surface area contributed by atoms with Crippen LogP contribution in [0.2, 0.25) is 0 Å². The van der Waals surface area contributed by atoms with Crippen molar-refractivity contribution in [2.75, 3.05) is 31.7 Å². The van der Waals surface area contributed by atoms with Crippen molar-refractivity contribution in [2.24, 2.45) is 0 Å². The first-order chi connectivity index (χ1) is 11.2. The maximum absolute atomic E-state index is 12.2. The zero-order chi connectivity index (χ0) is 16.5. The quantitative estimate of drug-likeness (QED) is 0.689. The molecule has 2 rings (SSSR count). The number of amides is 1. The van der Waals surface area contributed by atoms with Crippen LogP contribution >= 0.6 is 0 Å². The smallest absolute Gasteiger partial charge is 0.255 e. The molecule has 0 aromatic heterocycles. The van der Waals surface area contributed by atoms with E-state index >= 15 is 0 Å². The largest absolute Gasteiger partial charge is 0.491 e. The second-order valence-electron chi connectivity index (χ2n) is 4.66. The van der Waals surface area contributed by atoms with Crippen molar-refractivity contribution >= 4 is 11.6 Å². The van der Waals surface area contributed by atoms with E-state index in [1.165, 1.54) is 0 Å². The van der Waals surface area contributed by atoms with Gasteiger partial charge in [-0.3, -0.25) is 4.79 Å². The maximum Gasteiger partial charge on any atom is 0.255 e. The fraction of sp³-hybridized carbons (Fsp3) is 0.235. The zero-order valence-corrected chi connectivity index (χ0v) is 12.6. The molecule has 6 nitrogen and oxygen atoms in total. The Morgan fingerprint density at radius 2 is 1.48 bits per heavy atom. The van der Waals surface area contributed by atoms with Crippen LogP contribution < -0.4 is 14.8 Å². The van der Waals surface area contributed by atoms with Gasteiger partial charge in [-0.1, -0.05) is 18.2 Å². The van der Waals surface area contributed by atoms with Crippen LogP contribution in [0, 0.1) is 0 Å². The van der Waals surface area contributed by atoms with Gasteiger partial charge in [0.15, 0.2) is 0 Å². The third-order valence-electron chi connectivity index (χ3n) is 2.89. The van der Waals surface area contributed by atoms with Gasteiger partial charge in [-0.25, -0.2) is 0 Å². The minimum Gasteiger partial charge on any atom is -0.491 e. The maximum atomic E-state index is 12.2. The Kier molecular flexibility index (Phi) is 6.40. The lowest BCUT2D eigenvalue weighted by Crippen LogP contribution is -2.12. The molecule has 2 aromatic carbocycles. The Balaban J connectivity index is 2.16. The highest BCUT2D eigenvalue weighted by molar-refractivity contribution is 6.04. The summed E-state index contributed by atoms with van der Waals surface area (Å²) < 4.78 is 10.7. The minimum absolute atomic E-state index is 0.118. The molecule has 122 valence electrons. The molecule has 0 radical (unpaired) electrons. The summed E-state index contributed by atoms with van der Waals surface area (Å²) in [6, 6.07) is 13.7. The Morgan fingerprint density at radius 1 is 0.913 bits per heavy atom. The molecule has 0 aliphatic heterocycles.